The average molecular weight is 1010 g/mol. The van der Waals surface area contributed by atoms with E-state index >= 15 is 0 Å². The van der Waals surface area contributed by atoms with Crippen LogP contribution in [-0.2, 0) is 28.6 Å². The minimum Gasteiger partial charge on any atom is -0.462 e. The fourth-order valence-electron chi connectivity index (χ4n) is 7.72. The molecule has 412 valence electrons. The number of esters is 3. The van der Waals surface area contributed by atoms with Crippen molar-refractivity contribution in [3.05, 3.63) is 134 Å². The van der Waals surface area contributed by atoms with Crippen molar-refractivity contribution in [2.45, 2.75) is 258 Å². The fourth-order valence-corrected chi connectivity index (χ4v) is 7.72. The number of unbranched alkanes of at least 4 members (excludes halogenated alkanes) is 19. The van der Waals surface area contributed by atoms with E-state index in [1.807, 2.05) is 0 Å². The summed E-state index contributed by atoms with van der Waals surface area (Å²) < 4.78 is 16.8. The molecule has 0 aromatic heterocycles. The first-order valence-electron chi connectivity index (χ1n) is 29.7. The summed E-state index contributed by atoms with van der Waals surface area (Å²) in [4.78, 5) is 38.2. The Labute approximate surface area is 449 Å². The number of hydrogen-bond donors (Lipinski definition) is 0. The Bertz CT molecular complexity index is 1580. The molecule has 0 aliphatic heterocycles. The lowest BCUT2D eigenvalue weighted by Crippen LogP contribution is -2.30. The van der Waals surface area contributed by atoms with Crippen molar-refractivity contribution >= 4 is 17.9 Å². The first-order chi connectivity index (χ1) is 36.0. The van der Waals surface area contributed by atoms with Crippen LogP contribution >= 0.6 is 0 Å². The summed E-state index contributed by atoms with van der Waals surface area (Å²) in [6, 6.07) is 0. The first-order valence-corrected chi connectivity index (χ1v) is 29.7. The second-order valence-electron chi connectivity index (χ2n) is 19.1. The lowest BCUT2D eigenvalue weighted by atomic mass is 10.1. The topological polar surface area (TPSA) is 78.9 Å². The maximum absolute atomic E-state index is 12.9. The van der Waals surface area contributed by atoms with Gasteiger partial charge >= 0.3 is 17.9 Å². The zero-order valence-electron chi connectivity index (χ0n) is 47.1. The molecule has 0 heterocycles. The van der Waals surface area contributed by atoms with Crippen molar-refractivity contribution in [1.82, 2.24) is 0 Å². The molecule has 0 saturated heterocycles. The van der Waals surface area contributed by atoms with Crippen molar-refractivity contribution in [2.24, 2.45) is 0 Å². The van der Waals surface area contributed by atoms with Crippen LogP contribution in [0.5, 0.6) is 0 Å². The van der Waals surface area contributed by atoms with Crippen molar-refractivity contribution in [2.75, 3.05) is 13.2 Å². The highest BCUT2D eigenvalue weighted by molar-refractivity contribution is 5.71. The van der Waals surface area contributed by atoms with Gasteiger partial charge in [0.05, 0.1) is 0 Å². The molecular formula is C67H108O6. The summed E-state index contributed by atoms with van der Waals surface area (Å²) in [5, 5.41) is 0. The van der Waals surface area contributed by atoms with E-state index in [1.165, 1.54) is 77.0 Å². The molecule has 1 unspecified atom stereocenters. The summed E-state index contributed by atoms with van der Waals surface area (Å²) in [6.45, 7) is 6.35. The van der Waals surface area contributed by atoms with Gasteiger partial charge < -0.3 is 14.2 Å². The molecule has 0 rings (SSSR count). The molecule has 0 aliphatic carbocycles. The summed E-state index contributed by atoms with van der Waals surface area (Å²) in [6.07, 6.45) is 84.4. The Kier molecular flexibility index (Phi) is 56.4. The van der Waals surface area contributed by atoms with Crippen LogP contribution < -0.4 is 0 Å². The van der Waals surface area contributed by atoms with E-state index in [9.17, 15) is 14.4 Å². The molecule has 0 amide bonds. The Balaban J connectivity index is 4.53. The zero-order valence-corrected chi connectivity index (χ0v) is 47.1. The summed E-state index contributed by atoms with van der Waals surface area (Å²) in [5.74, 6) is -0.984. The van der Waals surface area contributed by atoms with Gasteiger partial charge in [-0.15, -0.1) is 0 Å². The number of allylic oxidation sites excluding steroid dienone is 22. The van der Waals surface area contributed by atoms with E-state index in [1.54, 1.807) is 0 Å². The molecule has 1 atom stereocenters. The van der Waals surface area contributed by atoms with Crippen LogP contribution in [0.4, 0.5) is 0 Å². The first kappa shape index (κ1) is 68.6. The molecule has 0 aliphatic rings. The van der Waals surface area contributed by atoms with Gasteiger partial charge in [-0.05, 0) is 135 Å². The second-order valence-corrected chi connectivity index (χ2v) is 19.1. The van der Waals surface area contributed by atoms with Crippen molar-refractivity contribution in [3.8, 4) is 0 Å². The smallest absolute Gasteiger partial charge is 0.306 e. The zero-order chi connectivity index (χ0) is 52.9. The molecule has 0 aromatic rings. The predicted molar refractivity (Wildman–Crippen MR) is 316 cm³/mol. The molecule has 0 aromatic carbocycles. The van der Waals surface area contributed by atoms with Gasteiger partial charge in [0.15, 0.2) is 6.10 Å². The van der Waals surface area contributed by atoms with Crippen molar-refractivity contribution < 1.29 is 28.6 Å². The van der Waals surface area contributed by atoms with Gasteiger partial charge in [-0.25, -0.2) is 0 Å². The number of carbonyl (C=O) groups is 3. The van der Waals surface area contributed by atoms with Gasteiger partial charge in [0, 0.05) is 19.3 Å². The Morgan fingerprint density at radius 2 is 0.534 bits per heavy atom. The van der Waals surface area contributed by atoms with E-state index in [4.69, 9.17) is 14.2 Å². The highest BCUT2D eigenvalue weighted by atomic mass is 16.6. The maximum Gasteiger partial charge on any atom is 0.306 e. The Morgan fingerprint density at radius 3 is 0.877 bits per heavy atom. The van der Waals surface area contributed by atoms with Crippen LogP contribution in [0, 0.1) is 0 Å². The minimum atomic E-state index is -0.817. The molecule has 0 bridgehead atoms. The highest BCUT2D eigenvalue weighted by Crippen LogP contribution is 2.14. The van der Waals surface area contributed by atoms with E-state index < -0.39 is 6.10 Å². The molecule has 0 N–H and O–H groups in total. The standard InChI is InChI=1S/C67H108O6/c1-4-7-10-13-16-19-22-25-28-31-32-33-34-37-39-42-45-48-51-54-57-60-66(69)72-63-64(73-67(70)61-58-55-52-49-46-43-40-36-30-27-24-21-18-15-12-9-6-3)62-71-65(68)59-56-53-50-47-44-41-38-35-29-26-23-20-17-14-11-8-5-2/h7,9-10,12,16,18-19,21,25-30,32-33,37,39-40,43,45,48,64H,4-6,8,11,13-15,17,20,22-24,31,34-36,38,41-42,44,46-47,49-63H2,1-3H3/b10-7-,12-9-,19-16-,21-18-,28-25-,29-26-,30-27-,33-32-,39-37-,43-40-,48-45-. The van der Waals surface area contributed by atoms with E-state index in [-0.39, 0.29) is 37.5 Å². The maximum atomic E-state index is 12.9. The largest absolute Gasteiger partial charge is 0.462 e. The number of ether oxygens (including phenoxy) is 3. The molecule has 0 spiro atoms. The molecule has 73 heavy (non-hydrogen) atoms. The van der Waals surface area contributed by atoms with Crippen LogP contribution in [0.3, 0.4) is 0 Å². The van der Waals surface area contributed by atoms with Gasteiger partial charge in [-0.2, -0.15) is 0 Å². The quantitative estimate of drug-likeness (QED) is 0.0261. The van der Waals surface area contributed by atoms with Gasteiger partial charge in [-0.1, -0.05) is 231 Å². The number of rotatable bonds is 52. The third kappa shape index (κ3) is 58.3. The number of hydrogen-bond acceptors (Lipinski definition) is 6. The van der Waals surface area contributed by atoms with E-state index in [0.29, 0.717) is 19.3 Å². The van der Waals surface area contributed by atoms with Crippen LogP contribution in [0.25, 0.3) is 0 Å². The fraction of sp³-hybridized carbons (Fsp3) is 0.627. The third-order valence-electron chi connectivity index (χ3n) is 12.1. The van der Waals surface area contributed by atoms with Gasteiger partial charge in [0.25, 0.3) is 0 Å². The van der Waals surface area contributed by atoms with Crippen LogP contribution in [0.1, 0.15) is 252 Å². The predicted octanol–water partition coefficient (Wildman–Crippen LogP) is 20.2. The van der Waals surface area contributed by atoms with E-state index in [2.05, 4.69) is 154 Å². The Hall–Kier alpha value is -4.45. The van der Waals surface area contributed by atoms with E-state index in [0.717, 1.165) is 128 Å². The van der Waals surface area contributed by atoms with Gasteiger partial charge in [0.1, 0.15) is 13.2 Å². The molecular weight excluding hydrogens is 901 g/mol. The second kappa shape index (κ2) is 60.1. The Morgan fingerprint density at radius 1 is 0.288 bits per heavy atom. The number of carbonyl (C=O) groups excluding carboxylic acids is 3. The molecule has 0 saturated carbocycles. The summed E-state index contributed by atoms with van der Waals surface area (Å²) >= 11 is 0. The summed E-state index contributed by atoms with van der Waals surface area (Å²) in [7, 11) is 0. The van der Waals surface area contributed by atoms with Crippen LogP contribution in [0.2, 0.25) is 0 Å². The van der Waals surface area contributed by atoms with Crippen LogP contribution in [0.15, 0.2) is 134 Å². The lowest BCUT2D eigenvalue weighted by molar-refractivity contribution is -0.167. The molecule has 0 fully saturated rings. The molecule has 6 nitrogen and oxygen atoms in total. The summed E-state index contributed by atoms with van der Waals surface area (Å²) in [5.41, 5.74) is 0. The lowest BCUT2D eigenvalue weighted by Gasteiger charge is -2.18. The van der Waals surface area contributed by atoms with Crippen LogP contribution in [-0.4, -0.2) is 37.2 Å². The normalized spacial score (nSPS) is 13.1. The van der Waals surface area contributed by atoms with Crippen molar-refractivity contribution in [1.29, 1.82) is 0 Å². The molecule has 6 heteroatoms. The SMILES string of the molecule is CC/C=C\C/C=C\C/C=C\C/C=C\C/C=C\C/C=C\CCCCC(=O)OCC(COC(=O)CCCCCCCCC/C=C\CCCCCCCC)OC(=O)CCCCCC/C=C\C/C=C\C/C=C\C/C=C\CC. The van der Waals surface area contributed by atoms with Gasteiger partial charge in [0.2, 0.25) is 0 Å². The minimum absolute atomic E-state index is 0.108. The van der Waals surface area contributed by atoms with Crippen molar-refractivity contribution in [3.63, 3.8) is 0 Å². The van der Waals surface area contributed by atoms with Gasteiger partial charge in [-0.3, -0.25) is 14.4 Å². The molecule has 0 radical (unpaired) electrons. The highest BCUT2D eigenvalue weighted by Gasteiger charge is 2.19. The third-order valence-corrected chi connectivity index (χ3v) is 12.1. The average Bonchev–Trinajstić information content (AvgIpc) is 3.39. The monoisotopic (exact) mass is 1010 g/mol.